The molecule has 4 nitrogen and oxygen atoms in total. The number of nitrogens with one attached hydrogen (secondary N) is 1. The van der Waals surface area contributed by atoms with E-state index in [4.69, 9.17) is 0 Å². The number of aromatic carboxylic acids is 1. The number of rotatable bonds is 3. The molecule has 4 heteroatoms. The molecule has 1 heterocycles. The van der Waals surface area contributed by atoms with Crippen LogP contribution in [0.4, 0.5) is 5.82 Å². The monoisotopic (exact) mass is 284 g/mol. The fourth-order valence-corrected chi connectivity index (χ4v) is 3.04. The van der Waals surface area contributed by atoms with E-state index in [0.29, 0.717) is 22.8 Å². The van der Waals surface area contributed by atoms with Crippen molar-refractivity contribution in [2.75, 3.05) is 5.32 Å². The van der Waals surface area contributed by atoms with Crippen molar-refractivity contribution >= 4 is 22.7 Å². The minimum atomic E-state index is -0.908. The van der Waals surface area contributed by atoms with Crippen LogP contribution in [0.5, 0.6) is 0 Å². The number of hydrogen-bond acceptors (Lipinski definition) is 3. The van der Waals surface area contributed by atoms with Gasteiger partial charge in [0.2, 0.25) is 0 Å². The lowest BCUT2D eigenvalue weighted by atomic mass is 9.87. The molecule has 0 amide bonds. The van der Waals surface area contributed by atoms with Gasteiger partial charge in [-0.3, -0.25) is 0 Å². The third-order valence-corrected chi connectivity index (χ3v) is 4.31. The fraction of sp³-hybridized carbons (Fsp3) is 0.412. The van der Waals surface area contributed by atoms with Crippen LogP contribution in [0.2, 0.25) is 0 Å². The maximum absolute atomic E-state index is 11.4. The summed E-state index contributed by atoms with van der Waals surface area (Å²) in [4.78, 5) is 16.0. The molecule has 0 bridgehead atoms. The molecule has 21 heavy (non-hydrogen) atoms. The third-order valence-electron chi connectivity index (χ3n) is 4.31. The van der Waals surface area contributed by atoms with E-state index in [1.54, 1.807) is 12.1 Å². The second-order valence-electron chi connectivity index (χ2n) is 5.98. The Balaban J connectivity index is 1.90. The molecule has 0 atom stereocenters. The van der Waals surface area contributed by atoms with Gasteiger partial charge in [-0.1, -0.05) is 25.1 Å². The van der Waals surface area contributed by atoms with Gasteiger partial charge in [-0.25, -0.2) is 9.78 Å². The average molecular weight is 284 g/mol. The maximum Gasteiger partial charge on any atom is 0.336 e. The van der Waals surface area contributed by atoms with Crippen molar-refractivity contribution in [1.29, 1.82) is 0 Å². The molecule has 0 radical (unpaired) electrons. The number of nitrogens with zero attached hydrogens (tertiary/aromatic N) is 1. The van der Waals surface area contributed by atoms with Crippen LogP contribution in [0.15, 0.2) is 30.3 Å². The number of fused-ring (bicyclic) bond motifs is 1. The van der Waals surface area contributed by atoms with Crippen LogP contribution in [0.3, 0.4) is 0 Å². The van der Waals surface area contributed by atoms with Crippen LogP contribution in [-0.4, -0.2) is 22.1 Å². The second-order valence-corrected chi connectivity index (χ2v) is 5.98. The molecule has 1 fully saturated rings. The molecule has 1 aliphatic rings. The van der Waals surface area contributed by atoms with Gasteiger partial charge in [-0.2, -0.15) is 0 Å². The highest BCUT2D eigenvalue weighted by Crippen LogP contribution is 2.27. The van der Waals surface area contributed by atoms with E-state index in [2.05, 4.69) is 17.2 Å². The second kappa shape index (κ2) is 5.72. The summed E-state index contributed by atoms with van der Waals surface area (Å²) in [7, 11) is 0. The molecule has 1 saturated carbocycles. The van der Waals surface area contributed by atoms with Gasteiger partial charge in [0.15, 0.2) is 0 Å². The first-order valence-corrected chi connectivity index (χ1v) is 7.53. The van der Waals surface area contributed by atoms with Gasteiger partial charge >= 0.3 is 5.97 Å². The number of carboxylic acids is 1. The number of aromatic nitrogens is 1. The molecule has 1 aliphatic carbocycles. The van der Waals surface area contributed by atoms with E-state index in [1.807, 2.05) is 18.2 Å². The molecular formula is C17H20N2O2. The van der Waals surface area contributed by atoms with Crippen molar-refractivity contribution < 1.29 is 9.90 Å². The minimum Gasteiger partial charge on any atom is -0.478 e. The van der Waals surface area contributed by atoms with E-state index in [-0.39, 0.29) is 0 Å². The van der Waals surface area contributed by atoms with Crippen molar-refractivity contribution in [3.8, 4) is 0 Å². The summed E-state index contributed by atoms with van der Waals surface area (Å²) in [6.45, 7) is 2.28. The maximum atomic E-state index is 11.4. The zero-order valence-corrected chi connectivity index (χ0v) is 12.2. The molecule has 3 rings (SSSR count). The first kappa shape index (κ1) is 13.9. The van der Waals surface area contributed by atoms with Crippen molar-refractivity contribution in [3.05, 3.63) is 35.9 Å². The molecule has 2 aromatic rings. The van der Waals surface area contributed by atoms with E-state index in [1.165, 1.54) is 12.8 Å². The Bertz CT molecular complexity index is 661. The predicted molar refractivity (Wildman–Crippen MR) is 83.7 cm³/mol. The average Bonchev–Trinajstić information content (AvgIpc) is 2.48. The Morgan fingerprint density at radius 3 is 2.67 bits per heavy atom. The first-order chi connectivity index (χ1) is 10.1. The van der Waals surface area contributed by atoms with E-state index >= 15 is 0 Å². The minimum absolute atomic E-state index is 0.312. The highest BCUT2D eigenvalue weighted by Gasteiger charge is 2.19. The van der Waals surface area contributed by atoms with Gasteiger partial charge < -0.3 is 10.4 Å². The number of pyridine rings is 1. The van der Waals surface area contributed by atoms with Crippen LogP contribution >= 0.6 is 0 Å². The molecule has 0 aliphatic heterocycles. The molecule has 2 N–H and O–H groups in total. The summed E-state index contributed by atoms with van der Waals surface area (Å²) in [5.74, 6) is 0.557. The van der Waals surface area contributed by atoms with Gasteiger partial charge in [0.05, 0.1) is 11.1 Å². The Kier molecular flexibility index (Phi) is 3.78. The topological polar surface area (TPSA) is 62.2 Å². The van der Waals surface area contributed by atoms with Crippen LogP contribution in [-0.2, 0) is 0 Å². The molecule has 1 aromatic heterocycles. The standard InChI is InChI=1S/C17H20N2O2/c1-11-6-8-12(9-7-11)18-16-10-14(17(20)21)13-4-2-3-5-15(13)19-16/h2-5,10-12H,6-9H2,1H3,(H,18,19)(H,20,21). The summed E-state index contributed by atoms with van der Waals surface area (Å²) in [6.07, 6.45) is 4.68. The number of para-hydroxylation sites is 1. The van der Waals surface area contributed by atoms with E-state index < -0.39 is 5.97 Å². The quantitative estimate of drug-likeness (QED) is 0.896. The normalized spacial score (nSPS) is 22.1. The Morgan fingerprint density at radius 1 is 1.24 bits per heavy atom. The zero-order chi connectivity index (χ0) is 14.8. The van der Waals surface area contributed by atoms with Crippen LogP contribution in [0, 0.1) is 5.92 Å². The number of benzene rings is 1. The molecule has 1 aromatic carbocycles. The lowest BCUT2D eigenvalue weighted by Crippen LogP contribution is -2.25. The van der Waals surface area contributed by atoms with Gasteiger partial charge in [-0.15, -0.1) is 0 Å². The Labute approximate surface area is 124 Å². The van der Waals surface area contributed by atoms with Crippen LogP contribution in [0.25, 0.3) is 10.9 Å². The number of anilines is 1. The summed E-state index contributed by atoms with van der Waals surface area (Å²) >= 11 is 0. The number of carbonyl (C=O) groups is 1. The summed E-state index contributed by atoms with van der Waals surface area (Å²) in [6, 6.07) is 9.44. The van der Waals surface area contributed by atoms with Crippen molar-refractivity contribution in [3.63, 3.8) is 0 Å². The lowest BCUT2D eigenvalue weighted by molar-refractivity contribution is 0.0699. The molecule has 110 valence electrons. The van der Waals surface area contributed by atoms with Crippen molar-refractivity contribution in [1.82, 2.24) is 4.98 Å². The molecular weight excluding hydrogens is 264 g/mol. The molecule has 0 saturated heterocycles. The van der Waals surface area contributed by atoms with Crippen LogP contribution < -0.4 is 5.32 Å². The van der Waals surface area contributed by atoms with Crippen molar-refractivity contribution in [2.24, 2.45) is 5.92 Å². The molecule has 0 spiro atoms. The van der Waals surface area contributed by atoms with E-state index in [0.717, 1.165) is 24.3 Å². The predicted octanol–water partition coefficient (Wildman–Crippen LogP) is 3.92. The summed E-state index contributed by atoms with van der Waals surface area (Å²) in [5, 5.41) is 13.5. The van der Waals surface area contributed by atoms with Gasteiger partial charge in [0.25, 0.3) is 0 Å². The summed E-state index contributed by atoms with van der Waals surface area (Å²) < 4.78 is 0. The van der Waals surface area contributed by atoms with Crippen molar-refractivity contribution in [2.45, 2.75) is 38.6 Å². The highest BCUT2D eigenvalue weighted by atomic mass is 16.4. The highest BCUT2D eigenvalue weighted by molar-refractivity contribution is 6.03. The SMILES string of the molecule is CC1CCC(Nc2cc(C(=O)O)c3ccccc3n2)CC1. The third kappa shape index (κ3) is 2.99. The van der Waals surface area contributed by atoms with Gasteiger partial charge in [-0.05, 0) is 43.7 Å². The van der Waals surface area contributed by atoms with Crippen LogP contribution in [0.1, 0.15) is 43.0 Å². The Morgan fingerprint density at radius 2 is 1.95 bits per heavy atom. The fourth-order valence-electron chi connectivity index (χ4n) is 3.04. The van der Waals surface area contributed by atoms with Gasteiger partial charge in [0.1, 0.15) is 5.82 Å². The zero-order valence-electron chi connectivity index (χ0n) is 12.2. The lowest BCUT2D eigenvalue weighted by Gasteiger charge is -2.27. The van der Waals surface area contributed by atoms with E-state index in [9.17, 15) is 9.90 Å². The Hall–Kier alpha value is -2.10. The van der Waals surface area contributed by atoms with Gasteiger partial charge in [0, 0.05) is 11.4 Å². The number of carboxylic acid groups (broad SMARTS) is 1. The smallest absolute Gasteiger partial charge is 0.336 e. The largest absolute Gasteiger partial charge is 0.478 e. The molecule has 0 unspecified atom stereocenters. The first-order valence-electron chi connectivity index (χ1n) is 7.53. The number of hydrogen-bond donors (Lipinski definition) is 2. The summed E-state index contributed by atoms with van der Waals surface area (Å²) in [5.41, 5.74) is 1.04.